The van der Waals surface area contributed by atoms with Crippen molar-refractivity contribution in [3.63, 3.8) is 0 Å². The van der Waals surface area contributed by atoms with E-state index in [1.807, 2.05) is 30.6 Å². The molecule has 1 fully saturated rings. The van der Waals surface area contributed by atoms with Gasteiger partial charge < -0.3 is 14.5 Å². The lowest BCUT2D eigenvalue weighted by molar-refractivity contribution is -0.136. The predicted molar refractivity (Wildman–Crippen MR) is 129 cm³/mol. The van der Waals surface area contributed by atoms with E-state index < -0.39 is 11.6 Å². The number of anilines is 1. The normalized spacial score (nSPS) is 15.5. The monoisotopic (exact) mass is 479 g/mol. The molecule has 3 aromatic rings. The van der Waals surface area contributed by atoms with E-state index in [-0.39, 0.29) is 28.9 Å². The molecule has 1 aromatic heterocycles. The van der Waals surface area contributed by atoms with Crippen molar-refractivity contribution in [1.82, 2.24) is 14.9 Å². The van der Waals surface area contributed by atoms with E-state index in [1.165, 1.54) is 7.11 Å². The van der Waals surface area contributed by atoms with Gasteiger partial charge in [-0.3, -0.25) is 4.79 Å². The number of amides is 1. The minimum absolute atomic E-state index is 0.00395. The highest BCUT2D eigenvalue weighted by Crippen LogP contribution is 2.35. The Kier molecular flexibility index (Phi) is 6.83. The number of benzene rings is 2. The van der Waals surface area contributed by atoms with Crippen LogP contribution in [0.5, 0.6) is 5.75 Å². The zero-order valence-corrected chi connectivity index (χ0v) is 20.2. The Morgan fingerprint density at radius 1 is 1.23 bits per heavy atom. The number of hydrogen-bond donors (Lipinski definition) is 0. The lowest BCUT2D eigenvalue weighted by Gasteiger charge is -2.30. The molecule has 1 amide bonds. The summed E-state index contributed by atoms with van der Waals surface area (Å²) in [5, 5.41) is 9.55. The Bertz CT molecular complexity index is 1320. The Morgan fingerprint density at radius 2 is 1.91 bits per heavy atom. The molecule has 0 bridgehead atoms. The van der Waals surface area contributed by atoms with E-state index in [0.29, 0.717) is 48.0 Å². The maximum atomic E-state index is 14.0. The number of fused-ring (bicyclic) bond motifs is 1. The van der Waals surface area contributed by atoms with Crippen LogP contribution in [0.4, 0.5) is 14.6 Å². The molecule has 0 N–H and O–H groups in total. The summed E-state index contributed by atoms with van der Waals surface area (Å²) in [6.45, 7) is 7.47. The fourth-order valence-corrected chi connectivity index (χ4v) is 4.51. The topological polar surface area (TPSA) is 82.3 Å². The van der Waals surface area contributed by atoms with Crippen LogP contribution < -0.4 is 9.64 Å². The molecule has 2 aromatic carbocycles. The van der Waals surface area contributed by atoms with Gasteiger partial charge in [-0.05, 0) is 31.5 Å². The molecule has 0 aliphatic carbocycles. The molecular weight excluding hydrogens is 452 g/mol. The first-order valence-electron chi connectivity index (χ1n) is 11.6. The number of hydrogen-bond acceptors (Lipinski definition) is 6. The molecule has 9 heteroatoms. The number of carbonyl (C=O) groups excluding carboxylic acids is 1. The third-order valence-electron chi connectivity index (χ3n) is 6.30. The summed E-state index contributed by atoms with van der Waals surface area (Å²) in [5.74, 6) is -1.11. The van der Waals surface area contributed by atoms with E-state index in [2.05, 4.69) is 16.0 Å². The van der Waals surface area contributed by atoms with E-state index >= 15 is 0 Å². The van der Waals surface area contributed by atoms with Gasteiger partial charge >= 0.3 is 0 Å². The number of aromatic nitrogens is 2. The fourth-order valence-electron chi connectivity index (χ4n) is 4.51. The van der Waals surface area contributed by atoms with Gasteiger partial charge in [0.1, 0.15) is 17.5 Å². The predicted octanol–water partition coefficient (Wildman–Crippen LogP) is 4.54. The Hall–Kier alpha value is -3.80. The van der Waals surface area contributed by atoms with Gasteiger partial charge in [0.15, 0.2) is 17.5 Å². The summed E-state index contributed by atoms with van der Waals surface area (Å²) < 4.78 is 33.2. The Balaban J connectivity index is 1.82. The molecule has 35 heavy (non-hydrogen) atoms. The largest absolute Gasteiger partial charge is 0.495 e. The van der Waals surface area contributed by atoms with Crippen LogP contribution in [-0.4, -0.2) is 53.6 Å². The summed E-state index contributed by atoms with van der Waals surface area (Å²) >= 11 is 0. The van der Waals surface area contributed by atoms with Gasteiger partial charge in [0, 0.05) is 43.2 Å². The van der Waals surface area contributed by atoms with Crippen molar-refractivity contribution in [3.05, 3.63) is 47.5 Å². The van der Waals surface area contributed by atoms with Gasteiger partial charge in [0.2, 0.25) is 5.91 Å². The van der Waals surface area contributed by atoms with Crippen LogP contribution in [-0.2, 0) is 4.79 Å². The highest BCUT2D eigenvalue weighted by Gasteiger charge is 2.33. The lowest BCUT2D eigenvalue weighted by atomic mass is 10.1. The van der Waals surface area contributed by atoms with Gasteiger partial charge in [-0.25, -0.2) is 18.7 Å². The second-order valence-electron chi connectivity index (χ2n) is 8.85. The first-order chi connectivity index (χ1) is 16.8. The van der Waals surface area contributed by atoms with Gasteiger partial charge in [-0.1, -0.05) is 13.8 Å². The van der Waals surface area contributed by atoms with Crippen LogP contribution in [0.2, 0.25) is 0 Å². The third kappa shape index (κ3) is 4.61. The fraction of sp³-hybridized carbons (Fsp3) is 0.385. The number of nitriles is 1. The SMILES string of the molecule is CCN(C(=O)C(C)C)[C@H]1CCN(c2nc3cc(F)c(F)cc3nc2-c2ccc(OC)c(C#N)c2)C1. The third-order valence-corrected chi connectivity index (χ3v) is 6.30. The Morgan fingerprint density at radius 3 is 2.51 bits per heavy atom. The van der Waals surface area contributed by atoms with Crippen LogP contribution >= 0.6 is 0 Å². The molecule has 7 nitrogen and oxygen atoms in total. The highest BCUT2D eigenvalue weighted by molar-refractivity contribution is 5.84. The number of carbonyl (C=O) groups is 1. The van der Waals surface area contributed by atoms with E-state index in [4.69, 9.17) is 4.74 Å². The van der Waals surface area contributed by atoms with Gasteiger partial charge in [0.05, 0.1) is 29.7 Å². The zero-order chi connectivity index (χ0) is 25.3. The van der Waals surface area contributed by atoms with Crippen LogP contribution in [0.3, 0.4) is 0 Å². The molecule has 1 aliphatic heterocycles. The smallest absolute Gasteiger partial charge is 0.225 e. The first kappa shape index (κ1) is 24.3. The molecule has 1 atom stereocenters. The lowest BCUT2D eigenvalue weighted by Crippen LogP contribution is -2.43. The number of methoxy groups -OCH3 is 1. The molecule has 1 aliphatic rings. The van der Waals surface area contributed by atoms with Crippen LogP contribution in [0.15, 0.2) is 30.3 Å². The summed E-state index contributed by atoms with van der Waals surface area (Å²) in [5.41, 5.74) is 1.80. The maximum Gasteiger partial charge on any atom is 0.225 e. The summed E-state index contributed by atoms with van der Waals surface area (Å²) in [6, 6.07) is 9.23. The molecule has 0 spiro atoms. The second-order valence-corrected chi connectivity index (χ2v) is 8.85. The molecule has 0 radical (unpaired) electrons. The molecule has 4 rings (SSSR count). The van der Waals surface area contributed by atoms with Gasteiger partial charge in [0.25, 0.3) is 0 Å². The van der Waals surface area contributed by atoms with Crippen LogP contribution in [0, 0.1) is 28.9 Å². The van der Waals surface area contributed by atoms with E-state index in [0.717, 1.165) is 18.6 Å². The standard InChI is InChI=1S/C26H27F2N5O2/c1-5-33(26(34)15(2)3)18-8-9-32(14-18)25-24(16-6-7-23(35-4)17(10-16)13-29)30-21-11-19(27)20(28)12-22(21)31-25/h6-7,10-12,15,18H,5,8-9,14H2,1-4H3/t18-/m0/s1. The minimum Gasteiger partial charge on any atom is -0.495 e. The number of nitrogens with zero attached hydrogens (tertiary/aromatic N) is 5. The van der Waals surface area contributed by atoms with Crippen LogP contribution in [0.1, 0.15) is 32.8 Å². The Labute approximate surface area is 203 Å². The molecule has 182 valence electrons. The molecule has 1 saturated heterocycles. The van der Waals surface area contributed by atoms with E-state index in [1.54, 1.807) is 18.2 Å². The average molecular weight is 480 g/mol. The van der Waals surface area contributed by atoms with E-state index in [9.17, 15) is 18.8 Å². The summed E-state index contributed by atoms with van der Waals surface area (Å²) in [7, 11) is 1.48. The molecular formula is C26H27F2N5O2. The molecule has 0 saturated carbocycles. The zero-order valence-electron chi connectivity index (χ0n) is 20.2. The van der Waals surface area contributed by atoms with Crippen molar-refractivity contribution < 1.29 is 18.3 Å². The van der Waals surface area contributed by atoms with Gasteiger partial charge in [-0.15, -0.1) is 0 Å². The summed E-state index contributed by atoms with van der Waals surface area (Å²) in [6.07, 6.45) is 0.745. The van der Waals surface area contributed by atoms with Crippen molar-refractivity contribution in [1.29, 1.82) is 5.26 Å². The van der Waals surface area contributed by atoms with Crippen molar-refractivity contribution in [2.75, 3.05) is 31.6 Å². The van der Waals surface area contributed by atoms with Crippen molar-refractivity contribution in [2.24, 2.45) is 5.92 Å². The number of rotatable bonds is 6. The number of likely N-dealkylation sites (N-methyl/N-ethyl adjacent to an activating group) is 1. The minimum atomic E-state index is -1.01. The number of ether oxygens (including phenoxy) is 1. The molecule has 2 heterocycles. The summed E-state index contributed by atoms with van der Waals surface area (Å²) in [4.78, 5) is 25.9. The second kappa shape index (κ2) is 9.82. The first-order valence-corrected chi connectivity index (χ1v) is 11.6. The molecule has 0 unspecified atom stereocenters. The van der Waals surface area contributed by atoms with Crippen molar-refractivity contribution in [3.8, 4) is 23.1 Å². The maximum absolute atomic E-state index is 14.0. The number of halogens is 2. The highest BCUT2D eigenvalue weighted by atomic mass is 19.2. The van der Waals surface area contributed by atoms with Gasteiger partial charge in [-0.2, -0.15) is 5.26 Å². The van der Waals surface area contributed by atoms with Crippen molar-refractivity contribution >= 4 is 22.8 Å². The quantitative estimate of drug-likeness (QED) is 0.516. The average Bonchev–Trinajstić information content (AvgIpc) is 3.33. The van der Waals surface area contributed by atoms with Crippen LogP contribution in [0.25, 0.3) is 22.3 Å². The van der Waals surface area contributed by atoms with Crippen molar-refractivity contribution in [2.45, 2.75) is 33.2 Å².